The highest BCUT2D eigenvalue weighted by Crippen LogP contribution is 2.26. The number of aliphatic hydroxyl groups excluding tert-OH is 1. The number of hydrogen-bond acceptors (Lipinski definition) is 3. The molecule has 1 aromatic heterocycles. The van der Waals surface area contributed by atoms with Gasteiger partial charge in [-0.25, -0.2) is 0 Å². The van der Waals surface area contributed by atoms with Crippen LogP contribution in [0.5, 0.6) is 0 Å². The summed E-state index contributed by atoms with van der Waals surface area (Å²) in [6.45, 7) is 0.315. The molecule has 2 N–H and O–H groups in total. The van der Waals surface area contributed by atoms with Gasteiger partial charge < -0.3 is 10.4 Å². The van der Waals surface area contributed by atoms with Gasteiger partial charge in [-0.1, -0.05) is 19.3 Å². The molecule has 0 aromatic carbocycles. The lowest BCUT2D eigenvalue weighted by Gasteiger charge is -2.26. The number of nitrogens with one attached hydrogen (secondary N) is 1. The molecule has 1 aromatic rings. The molecule has 1 saturated carbocycles. The van der Waals surface area contributed by atoms with Crippen molar-refractivity contribution in [3.05, 3.63) is 28.5 Å². The first-order valence-electron chi connectivity index (χ1n) is 6.73. The number of amides is 1. The van der Waals surface area contributed by atoms with Gasteiger partial charge in [0.1, 0.15) is 0 Å². The number of pyridine rings is 1. The van der Waals surface area contributed by atoms with Crippen LogP contribution in [0, 0.1) is 5.92 Å². The number of aromatic nitrogens is 1. The van der Waals surface area contributed by atoms with Gasteiger partial charge in [0.25, 0.3) is 5.91 Å². The Labute approximate surface area is 121 Å². The molecule has 5 heteroatoms. The third kappa shape index (κ3) is 4.28. The average molecular weight is 327 g/mol. The zero-order valence-electron chi connectivity index (χ0n) is 10.8. The number of carbonyl (C=O) groups is 1. The summed E-state index contributed by atoms with van der Waals surface area (Å²) in [7, 11) is 0. The lowest BCUT2D eigenvalue weighted by molar-refractivity contribution is 0.0738. The molecule has 0 bridgehead atoms. The molecule has 19 heavy (non-hydrogen) atoms. The first-order valence-corrected chi connectivity index (χ1v) is 7.53. The first-order chi connectivity index (χ1) is 9.16. The smallest absolute Gasteiger partial charge is 0.252 e. The fourth-order valence-corrected chi connectivity index (χ4v) is 2.89. The molecule has 1 aliphatic rings. The molecule has 1 atom stereocenters. The summed E-state index contributed by atoms with van der Waals surface area (Å²) >= 11 is 3.28. The van der Waals surface area contributed by atoms with E-state index in [0.717, 1.165) is 17.3 Å². The SMILES string of the molecule is O=C(NCC(O)C1CCCCC1)c1cncc(Br)c1. The summed E-state index contributed by atoms with van der Waals surface area (Å²) in [5, 5.41) is 12.9. The predicted octanol–water partition coefficient (Wildman–Crippen LogP) is 2.52. The largest absolute Gasteiger partial charge is 0.391 e. The van der Waals surface area contributed by atoms with Crippen molar-refractivity contribution in [2.75, 3.05) is 6.54 Å². The molecule has 4 nitrogen and oxygen atoms in total. The van der Waals surface area contributed by atoms with E-state index in [4.69, 9.17) is 0 Å². The molecule has 104 valence electrons. The Morgan fingerprint density at radius 1 is 1.42 bits per heavy atom. The molecular formula is C14H19BrN2O2. The van der Waals surface area contributed by atoms with Crippen LogP contribution in [-0.4, -0.2) is 28.6 Å². The number of rotatable bonds is 4. The Balaban J connectivity index is 1.82. The van der Waals surface area contributed by atoms with Gasteiger partial charge >= 0.3 is 0 Å². The summed E-state index contributed by atoms with van der Waals surface area (Å²) in [5.41, 5.74) is 0.505. The standard InChI is InChI=1S/C14H19BrN2O2/c15-12-6-11(7-16-8-12)14(19)17-9-13(18)10-4-2-1-3-5-10/h6-8,10,13,18H,1-5,9H2,(H,17,19). The maximum absolute atomic E-state index is 11.9. The second-order valence-corrected chi connectivity index (χ2v) is 5.98. The van der Waals surface area contributed by atoms with Gasteiger partial charge in [0.15, 0.2) is 0 Å². The van der Waals surface area contributed by atoms with Crippen molar-refractivity contribution >= 4 is 21.8 Å². The van der Waals surface area contributed by atoms with Crippen LogP contribution >= 0.6 is 15.9 Å². The van der Waals surface area contributed by atoms with Crippen molar-refractivity contribution in [3.8, 4) is 0 Å². The van der Waals surface area contributed by atoms with Crippen LogP contribution in [0.2, 0.25) is 0 Å². The predicted molar refractivity (Wildman–Crippen MR) is 76.9 cm³/mol. The van der Waals surface area contributed by atoms with Crippen LogP contribution < -0.4 is 5.32 Å². The van der Waals surface area contributed by atoms with Crippen LogP contribution in [0.3, 0.4) is 0 Å². The maximum Gasteiger partial charge on any atom is 0.252 e. The van der Waals surface area contributed by atoms with Gasteiger partial charge in [-0.2, -0.15) is 0 Å². The van der Waals surface area contributed by atoms with Gasteiger partial charge in [0, 0.05) is 23.4 Å². The number of nitrogens with zero attached hydrogens (tertiary/aromatic N) is 1. The van der Waals surface area contributed by atoms with E-state index >= 15 is 0 Å². The van der Waals surface area contributed by atoms with Crippen LogP contribution in [0.25, 0.3) is 0 Å². The highest BCUT2D eigenvalue weighted by atomic mass is 79.9. The second kappa shape index (κ2) is 7.01. The van der Waals surface area contributed by atoms with Crippen LogP contribution in [0.4, 0.5) is 0 Å². The minimum absolute atomic E-state index is 0.191. The maximum atomic E-state index is 11.9. The quantitative estimate of drug-likeness (QED) is 0.893. The van der Waals surface area contributed by atoms with Crippen LogP contribution in [0.15, 0.2) is 22.9 Å². The Morgan fingerprint density at radius 2 is 2.16 bits per heavy atom. The summed E-state index contributed by atoms with van der Waals surface area (Å²) in [4.78, 5) is 15.9. The fraction of sp³-hybridized carbons (Fsp3) is 0.571. The fourth-order valence-electron chi connectivity index (χ4n) is 2.52. The van der Waals surface area contributed by atoms with Crippen LogP contribution in [0.1, 0.15) is 42.5 Å². The third-order valence-corrected chi connectivity index (χ3v) is 4.07. The van der Waals surface area contributed by atoms with E-state index in [1.165, 1.54) is 25.5 Å². The van der Waals surface area contributed by atoms with Gasteiger partial charge in [-0.15, -0.1) is 0 Å². The zero-order valence-corrected chi connectivity index (χ0v) is 12.4. The highest BCUT2D eigenvalue weighted by molar-refractivity contribution is 9.10. The number of carbonyl (C=O) groups excluding carboxylic acids is 1. The van der Waals surface area contributed by atoms with Crippen molar-refractivity contribution in [2.45, 2.75) is 38.2 Å². The highest BCUT2D eigenvalue weighted by Gasteiger charge is 2.22. The van der Waals surface area contributed by atoms with Crippen molar-refractivity contribution in [1.29, 1.82) is 0 Å². The summed E-state index contributed by atoms with van der Waals surface area (Å²) in [6.07, 6.45) is 8.48. The molecule has 0 aliphatic heterocycles. The third-order valence-electron chi connectivity index (χ3n) is 3.63. The lowest BCUT2D eigenvalue weighted by Crippen LogP contribution is -2.37. The molecule has 1 unspecified atom stereocenters. The normalized spacial score (nSPS) is 18.0. The molecule has 1 amide bonds. The Hall–Kier alpha value is -0.940. The molecule has 1 heterocycles. The van der Waals surface area contributed by atoms with Crippen LogP contribution in [-0.2, 0) is 0 Å². The number of aliphatic hydroxyl groups is 1. The van der Waals surface area contributed by atoms with Gasteiger partial charge in [0.05, 0.1) is 11.7 Å². The molecule has 0 saturated heterocycles. The van der Waals surface area contributed by atoms with Gasteiger partial charge in [-0.05, 0) is 40.8 Å². The van der Waals surface area contributed by atoms with Crippen molar-refractivity contribution < 1.29 is 9.90 Å². The minimum atomic E-state index is -0.440. The molecular weight excluding hydrogens is 308 g/mol. The van der Waals surface area contributed by atoms with E-state index in [1.54, 1.807) is 12.3 Å². The monoisotopic (exact) mass is 326 g/mol. The molecule has 2 rings (SSSR count). The summed E-state index contributed by atoms with van der Waals surface area (Å²) in [5.74, 6) is 0.137. The van der Waals surface area contributed by atoms with E-state index in [0.29, 0.717) is 18.0 Å². The molecule has 0 radical (unpaired) electrons. The molecule has 0 spiro atoms. The van der Waals surface area contributed by atoms with E-state index in [-0.39, 0.29) is 5.91 Å². The number of halogens is 1. The average Bonchev–Trinajstić information content (AvgIpc) is 2.45. The Kier molecular flexibility index (Phi) is 5.34. The van der Waals surface area contributed by atoms with Gasteiger partial charge in [-0.3, -0.25) is 9.78 Å². The van der Waals surface area contributed by atoms with E-state index in [2.05, 4.69) is 26.2 Å². The summed E-state index contributed by atoms with van der Waals surface area (Å²) < 4.78 is 0.771. The van der Waals surface area contributed by atoms with E-state index in [1.807, 2.05) is 0 Å². The molecule has 1 aliphatic carbocycles. The van der Waals surface area contributed by atoms with Gasteiger partial charge in [0.2, 0.25) is 0 Å². The topological polar surface area (TPSA) is 62.2 Å². The van der Waals surface area contributed by atoms with E-state index in [9.17, 15) is 9.90 Å². The van der Waals surface area contributed by atoms with Crippen molar-refractivity contribution in [3.63, 3.8) is 0 Å². The minimum Gasteiger partial charge on any atom is -0.391 e. The Bertz CT molecular complexity index is 433. The zero-order chi connectivity index (χ0) is 13.7. The van der Waals surface area contributed by atoms with Crippen molar-refractivity contribution in [2.24, 2.45) is 5.92 Å². The second-order valence-electron chi connectivity index (χ2n) is 5.07. The Morgan fingerprint density at radius 3 is 2.84 bits per heavy atom. The van der Waals surface area contributed by atoms with Crippen molar-refractivity contribution in [1.82, 2.24) is 10.3 Å². The van der Waals surface area contributed by atoms with E-state index < -0.39 is 6.10 Å². The lowest BCUT2D eigenvalue weighted by atomic mass is 9.85. The number of hydrogen-bond donors (Lipinski definition) is 2. The first kappa shape index (κ1) is 14.5. The summed E-state index contributed by atoms with van der Waals surface area (Å²) in [6, 6.07) is 1.72. The molecule has 1 fully saturated rings.